The van der Waals surface area contributed by atoms with E-state index in [4.69, 9.17) is 0 Å². The molecule has 2 saturated heterocycles. The second kappa shape index (κ2) is 8.91. The summed E-state index contributed by atoms with van der Waals surface area (Å²) in [4.78, 5) is 30.8. The maximum absolute atomic E-state index is 12.9. The van der Waals surface area contributed by atoms with Crippen molar-refractivity contribution in [2.24, 2.45) is 0 Å². The van der Waals surface area contributed by atoms with Crippen LogP contribution in [0.5, 0.6) is 0 Å². The van der Waals surface area contributed by atoms with E-state index in [1.807, 2.05) is 0 Å². The molecular formula is C20H28FN3O3. The third-order valence-corrected chi connectivity index (χ3v) is 5.64. The van der Waals surface area contributed by atoms with Gasteiger partial charge in [0.15, 0.2) is 5.78 Å². The number of β-amino-alcohol motifs (C(OH)–C–C–N with tert-alkyl or cyclic N) is 1. The summed E-state index contributed by atoms with van der Waals surface area (Å²) in [6.07, 6.45) is 0.405. The van der Waals surface area contributed by atoms with Crippen molar-refractivity contribution < 1.29 is 19.1 Å². The molecule has 2 aliphatic heterocycles. The van der Waals surface area contributed by atoms with E-state index < -0.39 is 6.10 Å². The van der Waals surface area contributed by atoms with Crippen molar-refractivity contribution in [3.8, 4) is 0 Å². The SMILES string of the molecule is CN1CCN([C@@H]2CCN(C(=O)CCC(=O)c3ccc(F)cc3)C[C@H]2O)CC1. The van der Waals surface area contributed by atoms with Crippen LogP contribution in [0.25, 0.3) is 0 Å². The van der Waals surface area contributed by atoms with Crippen LogP contribution in [0, 0.1) is 5.82 Å². The van der Waals surface area contributed by atoms with Crippen LogP contribution in [0.3, 0.4) is 0 Å². The smallest absolute Gasteiger partial charge is 0.223 e. The molecule has 27 heavy (non-hydrogen) atoms. The Morgan fingerprint density at radius 1 is 1.07 bits per heavy atom. The molecule has 2 atom stereocenters. The second-order valence-electron chi connectivity index (χ2n) is 7.53. The number of piperidine rings is 1. The van der Waals surface area contributed by atoms with Crippen LogP contribution in [0.15, 0.2) is 24.3 Å². The van der Waals surface area contributed by atoms with Crippen LogP contribution in [0.1, 0.15) is 29.6 Å². The highest BCUT2D eigenvalue weighted by Gasteiger charge is 2.34. The summed E-state index contributed by atoms with van der Waals surface area (Å²) in [6, 6.07) is 5.47. The molecule has 148 valence electrons. The van der Waals surface area contributed by atoms with Crippen molar-refractivity contribution in [1.29, 1.82) is 0 Å². The van der Waals surface area contributed by atoms with Crippen molar-refractivity contribution in [3.63, 3.8) is 0 Å². The van der Waals surface area contributed by atoms with Crippen LogP contribution in [-0.2, 0) is 4.79 Å². The summed E-state index contributed by atoms with van der Waals surface area (Å²) in [5.41, 5.74) is 0.415. The molecule has 7 heteroatoms. The topological polar surface area (TPSA) is 64.1 Å². The highest BCUT2D eigenvalue weighted by molar-refractivity contribution is 5.97. The molecule has 1 aromatic rings. The number of aliphatic hydroxyl groups is 1. The molecule has 0 radical (unpaired) electrons. The van der Waals surface area contributed by atoms with E-state index in [0.717, 1.165) is 32.6 Å². The number of likely N-dealkylation sites (N-methyl/N-ethyl adjacent to an activating group) is 1. The number of hydrogen-bond donors (Lipinski definition) is 1. The fourth-order valence-electron chi connectivity index (χ4n) is 3.88. The largest absolute Gasteiger partial charge is 0.390 e. The van der Waals surface area contributed by atoms with Gasteiger partial charge in [0.25, 0.3) is 0 Å². The van der Waals surface area contributed by atoms with E-state index in [2.05, 4.69) is 16.8 Å². The predicted octanol–water partition coefficient (Wildman–Crippen LogP) is 0.998. The predicted molar refractivity (Wildman–Crippen MR) is 100 cm³/mol. The van der Waals surface area contributed by atoms with Gasteiger partial charge in [0.1, 0.15) is 5.82 Å². The third-order valence-electron chi connectivity index (χ3n) is 5.64. The minimum absolute atomic E-state index is 0.0962. The lowest BCUT2D eigenvalue weighted by atomic mass is 9.98. The summed E-state index contributed by atoms with van der Waals surface area (Å²) in [6.45, 7) is 4.81. The monoisotopic (exact) mass is 377 g/mol. The van der Waals surface area contributed by atoms with Gasteiger partial charge < -0.3 is 14.9 Å². The highest BCUT2D eigenvalue weighted by atomic mass is 19.1. The average Bonchev–Trinajstić information content (AvgIpc) is 2.67. The fourth-order valence-corrected chi connectivity index (χ4v) is 3.88. The molecule has 1 amide bonds. The maximum Gasteiger partial charge on any atom is 0.223 e. The Hall–Kier alpha value is -1.83. The molecule has 6 nitrogen and oxygen atoms in total. The highest BCUT2D eigenvalue weighted by Crippen LogP contribution is 2.20. The summed E-state index contributed by atoms with van der Waals surface area (Å²) in [7, 11) is 2.10. The van der Waals surface area contributed by atoms with Gasteiger partial charge in [0.05, 0.1) is 6.10 Å². The van der Waals surface area contributed by atoms with E-state index in [-0.39, 0.29) is 36.4 Å². The molecular weight excluding hydrogens is 349 g/mol. The standard InChI is InChI=1S/C20H28FN3O3/c1-22-10-12-23(13-11-22)17-8-9-24(14-19(17)26)20(27)7-6-18(25)15-2-4-16(21)5-3-15/h2-5,17,19,26H,6-14H2,1H3/t17-,19-/m1/s1. The van der Waals surface area contributed by atoms with Crippen molar-refractivity contribution in [1.82, 2.24) is 14.7 Å². The molecule has 2 heterocycles. The Bertz CT molecular complexity index is 659. The van der Waals surface area contributed by atoms with Gasteiger partial charge in [-0.2, -0.15) is 0 Å². The molecule has 2 aliphatic rings. The van der Waals surface area contributed by atoms with E-state index >= 15 is 0 Å². The van der Waals surface area contributed by atoms with Gasteiger partial charge in [-0.25, -0.2) is 4.39 Å². The number of aliphatic hydroxyl groups excluding tert-OH is 1. The van der Waals surface area contributed by atoms with Gasteiger partial charge in [-0.15, -0.1) is 0 Å². The normalized spacial score (nSPS) is 24.8. The zero-order chi connectivity index (χ0) is 19.4. The summed E-state index contributed by atoms with van der Waals surface area (Å²) < 4.78 is 12.9. The van der Waals surface area contributed by atoms with Crippen LogP contribution >= 0.6 is 0 Å². The number of rotatable bonds is 5. The number of carbonyl (C=O) groups excluding carboxylic acids is 2. The van der Waals surface area contributed by atoms with Crippen molar-refractivity contribution >= 4 is 11.7 Å². The number of piperazine rings is 1. The van der Waals surface area contributed by atoms with Gasteiger partial charge in [-0.1, -0.05) is 0 Å². The molecule has 0 bridgehead atoms. The Labute approximate surface area is 159 Å². The van der Waals surface area contributed by atoms with Gasteiger partial charge in [-0.3, -0.25) is 14.5 Å². The molecule has 0 aromatic heterocycles. The minimum atomic E-state index is -0.557. The fraction of sp³-hybridized carbons (Fsp3) is 0.600. The Morgan fingerprint density at radius 2 is 1.74 bits per heavy atom. The Balaban J connectivity index is 1.46. The number of hydrogen-bond acceptors (Lipinski definition) is 5. The van der Waals surface area contributed by atoms with E-state index in [0.29, 0.717) is 18.7 Å². The van der Waals surface area contributed by atoms with Crippen LogP contribution in [-0.4, -0.2) is 90.0 Å². The lowest BCUT2D eigenvalue weighted by Gasteiger charge is -2.44. The number of carbonyl (C=O) groups is 2. The minimum Gasteiger partial charge on any atom is -0.390 e. The van der Waals surface area contributed by atoms with E-state index in [1.165, 1.54) is 24.3 Å². The molecule has 0 unspecified atom stereocenters. The van der Waals surface area contributed by atoms with Crippen molar-refractivity contribution in [2.75, 3.05) is 46.3 Å². The lowest BCUT2D eigenvalue weighted by Crippen LogP contribution is -2.59. The number of amides is 1. The first-order valence-electron chi connectivity index (χ1n) is 9.61. The molecule has 1 aromatic carbocycles. The molecule has 0 spiro atoms. The summed E-state index contributed by atoms with van der Waals surface area (Å²) >= 11 is 0. The van der Waals surface area contributed by atoms with Crippen molar-refractivity contribution in [3.05, 3.63) is 35.6 Å². The number of nitrogens with zero attached hydrogens (tertiary/aromatic N) is 3. The quantitative estimate of drug-likeness (QED) is 0.776. The van der Waals surface area contributed by atoms with Gasteiger partial charge in [0, 0.05) is 63.7 Å². The number of ketones is 1. The number of benzene rings is 1. The first-order chi connectivity index (χ1) is 12.9. The third kappa shape index (κ3) is 5.12. The first-order valence-corrected chi connectivity index (χ1v) is 9.61. The second-order valence-corrected chi connectivity index (χ2v) is 7.53. The zero-order valence-corrected chi connectivity index (χ0v) is 15.8. The summed E-state index contributed by atoms with van der Waals surface area (Å²) in [5, 5.41) is 10.5. The van der Waals surface area contributed by atoms with Crippen molar-refractivity contribution in [2.45, 2.75) is 31.4 Å². The lowest BCUT2D eigenvalue weighted by molar-refractivity contribution is -0.136. The Morgan fingerprint density at radius 3 is 2.37 bits per heavy atom. The molecule has 0 saturated carbocycles. The number of Topliss-reactive ketones (excluding diaryl/α,β-unsaturated/α-hetero) is 1. The van der Waals surface area contributed by atoms with Crippen LogP contribution in [0.4, 0.5) is 4.39 Å². The molecule has 3 rings (SSSR count). The van der Waals surface area contributed by atoms with E-state index in [9.17, 15) is 19.1 Å². The summed E-state index contributed by atoms with van der Waals surface area (Å²) in [5.74, 6) is -0.669. The molecule has 1 N–H and O–H groups in total. The average molecular weight is 377 g/mol. The van der Waals surface area contributed by atoms with Crippen LogP contribution < -0.4 is 0 Å². The van der Waals surface area contributed by atoms with Gasteiger partial charge in [-0.05, 0) is 37.7 Å². The number of halogens is 1. The van der Waals surface area contributed by atoms with E-state index in [1.54, 1.807) is 4.90 Å². The number of likely N-dealkylation sites (tertiary alicyclic amines) is 1. The first kappa shape index (κ1) is 19.9. The Kier molecular flexibility index (Phi) is 6.57. The molecule has 2 fully saturated rings. The van der Waals surface area contributed by atoms with Gasteiger partial charge in [0.2, 0.25) is 5.91 Å². The van der Waals surface area contributed by atoms with Crippen LogP contribution in [0.2, 0.25) is 0 Å². The zero-order valence-electron chi connectivity index (χ0n) is 15.8. The molecule has 0 aliphatic carbocycles. The van der Waals surface area contributed by atoms with Gasteiger partial charge >= 0.3 is 0 Å². The maximum atomic E-state index is 12.9.